The van der Waals surface area contributed by atoms with Gasteiger partial charge in [0.15, 0.2) is 0 Å². The third-order valence-electron chi connectivity index (χ3n) is 4.56. The number of nitriles is 1. The number of rotatable bonds is 4. The van der Waals surface area contributed by atoms with Gasteiger partial charge in [-0.1, -0.05) is 0 Å². The van der Waals surface area contributed by atoms with Crippen molar-refractivity contribution in [1.29, 1.82) is 5.26 Å². The topological polar surface area (TPSA) is 76.4 Å². The molecule has 2 heterocycles. The Bertz CT molecular complexity index is 704. The zero-order chi connectivity index (χ0) is 18.0. The Morgan fingerprint density at radius 3 is 2.76 bits per heavy atom. The van der Waals surface area contributed by atoms with Crippen molar-refractivity contribution in [3.8, 4) is 6.07 Å². The summed E-state index contributed by atoms with van der Waals surface area (Å²) in [6.07, 6.45) is -0.643. The quantitative estimate of drug-likeness (QED) is 0.880. The Hall–Kier alpha value is -2.53. The molecule has 0 aliphatic carbocycles. The highest BCUT2D eigenvalue weighted by Crippen LogP contribution is 2.22. The maximum atomic E-state index is 13.4. The summed E-state index contributed by atoms with van der Waals surface area (Å²) in [6, 6.07) is 6.28. The lowest BCUT2D eigenvalue weighted by atomic mass is 10.2. The van der Waals surface area contributed by atoms with Gasteiger partial charge in [-0.2, -0.15) is 5.26 Å². The van der Waals surface area contributed by atoms with Crippen LogP contribution in [0.3, 0.4) is 0 Å². The van der Waals surface area contributed by atoms with Crippen LogP contribution in [0.4, 0.5) is 14.5 Å². The van der Waals surface area contributed by atoms with E-state index in [0.717, 1.165) is 0 Å². The Kier molecular flexibility index (Phi) is 4.95. The molecule has 1 aromatic rings. The lowest BCUT2D eigenvalue weighted by Crippen LogP contribution is -2.46. The lowest BCUT2D eigenvalue weighted by Gasteiger charge is -2.21. The minimum absolute atomic E-state index is 0.0307. The number of amides is 2. The molecule has 0 radical (unpaired) electrons. The van der Waals surface area contributed by atoms with Crippen LogP contribution >= 0.6 is 0 Å². The van der Waals surface area contributed by atoms with E-state index >= 15 is 0 Å². The van der Waals surface area contributed by atoms with Crippen LogP contribution in [-0.2, 0) is 9.59 Å². The normalized spacial score (nSPS) is 26.1. The van der Waals surface area contributed by atoms with Gasteiger partial charge in [-0.15, -0.1) is 0 Å². The molecule has 0 saturated carbocycles. The first kappa shape index (κ1) is 17.3. The van der Waals surface area contributed by atoms with Crippen molar-refractivity contribution in [2.24, 2.45) is 0 Å². The lowest BCUT2D eigenvalue weighted by molar-refractivity contribution is -0.130. The van der Waals surface area contributed by atoms with E-state index in [-0.39, 0.29) is 37.1 Å². The van der Waals surface area contributed by atoms with Crippen molar-refractivity contribution in [2.75, 3.05) is 24.5 Å². The van der Waals surface area contributed by atoms with Crippen molar-refractivity contribution in [3.05, 3.63) is 30.1 Å². The fourth-order valence-corrected chi connectivity index (χ4v) is 3.24. The fraction of sp³-hybridized carbons (Fsp3) is 0.471. The summed E-state index contributed by atoms with van der Waals surface area (Å²) >= 11 is 0. The number of halogens is 2. The molecule has 2 saturated heterocycles. The van der Waals surface area contributed by atoms with Crippen LogP contribution < -0.4 is 10.2 Å². The number of carbonyl (C=O) groups excluding carboxylic acids is 2. The number of nitrogens with one attached hydrogen (secondary N) is 1. The minimum atomic E-state index is -1.18. The molecule has 2 aliphatic rings. The highest BCUT2D eigenvalue weighted by molar-refractivity contribution is 5.99. The number of hydrogen-bond acceptors (Lipinski definition) is 4. The third kappa shape index (κ3) is 3.61. The van der Waals surface area contributed by atoms with Crippen LogP contribution in [0.25, 0.3) is 0 Å². The highest BCUT2D eigenvalue weighted by atomic mass is 19.1. The standard InChI is InChI=1S/C17H18F2N4O2/c18-11-1-3-13(4-2-11)22-6-5-15(17(22)25)21-9-16(24)23-10-12(19)7-14(23)8-20/h1-4,12,14-15,21H,5-7,9-10H2/t12-,14-,15-/m0/s1. The van der Waals surface area contributed by atoms with Gasteiger partial charge in [0.2, 0.25) is 11.8 Å². The van der Waals surface area contributed by atoms with Gasteiger partial charge in [-0.25, -0.2) is 8.78 Å². The van der Waals surface area contributed by atoms with E-state index in [9.17, 15) is 18.4 Å². The van der Waals surface area contributed by atoms with Crippen molar-refractivity contribution >= 4 is 17.5 Å². The number of benzene rings is 1. The first-order chi connectivity index (χ1) is 12.0. The molecule has 2 amide bonds. The van der Waals surface area contributed by atoms with Gasteiger partial charge in [-0.05, 0) is 30.7 Å². The number of likely N-dealkylation sites (tertiary alicyclic amines) is 1. The van der Waals surface area contributed by atoms with Gasteiger partial charge in [-0.3, -0.25) is 14.9 Å². The Labute approximate surface area is 144 Å². The molecule has 2 fully saturated rings. The van der Waals surface area contributed by atoms with E-state index in [4.69, 9.17) is 5.26 Å². The summed E-state index contributed by atoms with van der Waals surface area (Å²) in [4.78, 5) is 27.4. The van der Waals surface area contributed by atoms with Crippen molar-refractivity contribution in [3.63, 3.8) is 0 Å². The van der Waals surface area contributed by atoms with Crippen molar-refractivity contribution < 1.29 is 18.4 Å². The van der Waals surface area contributed by atoms with Crippen molar-refractivity contribution in [1.82, 2.24) is 10.2 Å². The maximum Gasteiger partial charge on any atom is 0.244 e. The summed E-state index contributed by atoms with van der Waals surface area (Å²) in [6.45, 7) is 0.255. The van der Waals surface area contributed by atoms with E-state index < -0.39 is 18.3 Å². The van der Waals surface area contributed by atoms with Gasteiger partial charge in [0.1, 0.15) is 18.0 Å². The number of hydrogen-bond donors (Lipinski definition) is 1. The highest BCUT2D eigenvalue weighted by Gasteiger charge is 2.37. The van der Waals surface area contributed by atoms with E-state index in [1.165, 1.54) is 34.1 Å². The molecule has 3 rings (SSSR count). The molecule has 2 aliphatic heterocycles. The molecule has 6 nitrogen and oxygen atoms in total. The van der Waals surface area contributed by atoms with Crippen LogP contribution in [0, 0.1) is 17.1 Å². The summed E-state index contributed by atoms with van der Waals surface area (Å²) in [5.74, 6) is -0.958. The second-order valence-electron chi connectivity index (χ2n) is 6.21. The van der Waals surface area contributed by atoms with Crippen LogP contribution in [0.5, 0.6) is 0 Å². The van der Waals surface area contributed by atoms with Gasteiger partial charge in [0.05, 0.1) is 25.2 Å². The predicted octanol–water partition coefficient (Wildman–Crippen LogP) is 0.983. The zero-order valence-electron chi connectivity index (χ0n) is 13.5. The second-order valence-corrected chi connectivity index (χ2v) is 6.21. The fourth-order valence-electron chi connectivity index (χ4n) is 3.24. The molecule has 0 aromatic heterocycles. The molecule has 0 bridgehead atoms. The molecule has 8 heteroatoms. The van der Waals surface area contributed by atoms with Crippen molar-refractivity contribution in [2.45, 2.75) is 31.1 Å². The van der Waals surface area contributed by atoms with Crippen LogP contribution in [0.1, 0.15) is 12.8 Å². The average molecular weight is 348 g/mol. The minimum Gasteiger partial charge on any atom is -0.323 e. The third-order valence-corrected chi connectivity index (χ3v) is 4.56. The monoisotopic (exact) mass is 348 g/mol. The molecule has 1 N–H and O–H groups in total. The summed E-state index contributed by atoms with van der Waals surface area (Å²) in [5, 5.41) is 11.9. The second kappa shape index (κ2) is 7.15. The van der Waals surface area contributed by atoms with E-state index in [0.29, 0.717) is 18.7 Å². The summed E-state index contributed by atoms with van der Waals surface area (Å²) in [7, 11) is 0. The zero-order valence-corrected chi connectivity index (χ0v) is 13.5. The summed E-state index contributed by atoms with van der Waals surface area (Å²) < 4.78 is 26.4. The Morgan fingerprint density at radius 1 is 1.36 bits per heavy atom. The number of nitrogens with zero attached hydrogens (tertiary/aromatic N) is 3. The van der Waals surface area contributed by atoms with E-state index in [1.807, 2.05) is 6.07 Å². The first-order valence-electron chi connectivity index (χ1n) is 8.13. The molecule has 3 atom stereocenters. The summed E-state index contributed by atoms with van der Waals surface area (Å²) in [5.41, 5.74) is 0.603. The SMILES string of the molecule is N#C[C@@H]1C[C@H](F)CN1C(=O)CN[C@H]1CCN(c2ccc(F)cc2)C1=O. The molecule has 132 valence electrons. The largest absolute Gasteiger partial charge is 0.323 e. The number of alkyl halides is 1. The first-order valence-corrected chi connectivity index (χ1v) is 8.13. The Balaban J connectivity index is 1.56. The Morgan fingerprint density at radius 2 is 2.08 bits per heavy atom. The average Bonchev–Trinajstić information content (AvgIpc) is 3.16. The smallest absolute Gasteiger partial charge is 0.244 e. The number of carbonyl (C=O) groups is 2. The van der Waals surface area contributed by atoms with E-state index in [2.05, 4.69) is 5.32 Å². The van der Waals surface area contributed by atoms with Gasteiger partial charge in [0, 0.05) is 18.7 Å². The van der Waals surface area contributed by atoms with Crippen LogP contribution in [0.15, 0.2) is 24.3 Å². The van der Waals surface area contributed by atoms with Gasteiger partial charge >= 0.3 is 0 Å². The van der Waals surface area contributed by atoms with Crippen LogP contribution in [0.2, 0.25) is 0 Å². The molecule has 1 aromatic carbocycles. The van der Waals surface area contributed by atoms with Crippen LogP contribution in [-0.4, -0.2) is 54.6 Å². The molecule has 0 spiro atoms. The predicted molar refractivity (Wildman–Crippen MR) is 85.8 cm³/mol. The maximum absolute atomic E-state index is 13.4. The molecular weight excluding hydrogens is 330 g/mol. The number of anilines is 1. The van der Waals surface area contributed by atoms with E-state index in [1.54, 1.807) is 0 Å². The molecule has 25 heavy (non-hydrogen) atoms. The molecular formula is C17H18F2N4O2. The van der Waals surface area contributed by atoms with Gasteiger partial charge < -0.3 is 9.80 Å². The molecule has 0 unspecified atom stereocenters. The van der Waals surface area contributed by atoms with Gasteiger partial charge in [0.25, 0.3) is 0 Å².